The van der Waals surface area contributed by atoms with Crippen LogP contribution in [0, 0.1) is 0 Å². The lowest BCUT2D eigenvalue weighted by Crippen LogP contribution is -2.21. The SMILES string of the molecule is CCn1c2ccccc2c2cc(NC(=O)COC(=O)c3cc(OC)c(OC)cc3OC)ccc21. The molecule has 0 saturated carbocycles. The Labute approximate surface area is 197 Å². The first-order valence-corrected chi connectivity index (χ1v) is 10.8. The van der Waals surface area contributed by atoms with Crippen LogP contribution in [0.2, 0.25) is 0 Å². The predicted molar refractivity (Wildman–Crippen MR) is 130 cm³/mol. The van der Waals surface area contributed by atoms with Crippen LogP contribution in [0.5, 0.6) is 17.2 Å². The first-order valence-electron chi connectivity index (χ1n) is 10.8. The van der Waals surface area contributed by atoms with Crippen molar-refractivity contribution >= 4 is 39.4 Å². The number of aromatic nitrogens is 1. The molecule has 8 nitrogen and oxygen atoms in total. The van der Waals surface area contributed by atoms with Crippen LogP contribution in [0.4, 0.5) is 5.69 Å². The van der Waals surface area contributed by atoms with Gasteiger partial charge in [0.2, 0.25) is 0 Å². The number of anilines is 1. The highest BCUT2D eigenvalue weighted by Gasteiger charge is 2.20. The Kier molecular flexibility index (Phi) is 6.58. The first-order chi connectivity index (χ1) is 16.5. The van der Waals surface area contributed by atoms with E-state index in [0.29, 0.717) is 17.2 Å². The van der Waals surface area contributed by atoms with Gasteiger partial charge in [-0.2, -0.15) is 0 Å². The lowest BCUT2D eigenvalue weighted by Gasteiger charge is -2.13. The maximum atomic E-state index is 12.6. The van der Waals surface area contributed by atoms with Crippen molar-refractivity contribution in [1.29, 1.82) is 0 Å². The van der Waals surface area contributed by atoms with Crippen molar-refractivity contribution in [2.75, 3.05) is 33.3 Å². The molecule has 0 atom stereocenters. The number of nitrogens with zero attached hydrogens (tertiary/aromatic N) is 1. The molecule has 3 aromatic carbocycles. The molecule has 8 heteroatoms. The number of methoxy groups -OCH3 is 3. The smallest absolute Gasteiger partial charge is 0.342 e. The molecule has 0 aliphatic carbocycles. The maximum Gasteiger partial charge on any atom is 0.342 e. The van der Waals surface area contributed by atoms with Crippen molar-refractivity contribution in [1.82, 2.24) is 4.57 Å². The van der Waals surface area contributed by atoms with Gasteiger partial charge in [-0.1, -0.05) is 18.2 Å². The third-order valence-corrected chi connectivity index (χ3v) is 5.63. The van der Waals surface area contributed by atoms with Crippen LogP contribution in [0.25, 0.3) is 21.8 Å². The molecule has 1 N–H and O–H groups in total. The van der Waals surface area contributed by atoms with Crippen LogP contribution in [-0.4, -0.2) is 44.4 Å². The van der Waals surface area contributed by atoms with E-state index in [2.05, 4.69) is 28.9 Å². The minimum absolute atomic E-state index is 0.127. The van der Waals surface area contributed by atoms with Crippen molar-refractivity contribution < 1.29 is 28.5 Å². The van der Waals surface area contributed by atoms with E-state index in [1.807, 2.05) is 30.3 Å². The van der Waals surface area contributed by atoms with Crippen molar-refractivity contribution in [2.24, 2.45) is 0 Å². The highest BCUT2D eigenvalue weighted by molar-refractivity contribution is 6.10. The van der Waals surface area contributed by atoms with E-state index in [4.69, 9.17) is 18.9 Å². The van der Waals surface area contributed by atoms with E-state index in [-0.39, 0.29) is 11.3 Å². The van der Waals surface area contributed by atoms with E-state index in [1.165, 1.54) is 33.5 Å². The summed E-state index contributed by atoms with van der Waals surface area (Å²) in [5.74, 6) is -0.158. The largest absolute Gasteiger partial charge is 0.496 e. The summed E-state index contributed by atoms with van der Waals surface area (Å²) in [6.07, 6.45) is 0. The molecule has 0 aliphatic heterocycles. The number of hydrogen-bond donors (Lipinski definition) is 1. The van der Waals surface area contributed by atoms with E-state index in [9.17, 15) is 9.59 Å². The number of rotatable bonds is 8. The Morgan fingerprint density at radius 3 is 2.21 bits per heavy atom. The van der Waals surface area contributed by atoms with E-state index >= 15 is 0 Å². The van der Waals surface area contributed by atoms with Crippen LogP contribution in [-0.2, 0) is 16.1 Å². The highest BCUT2D eigenvalue weighted by atomic mass is 16.5. The highest BCUT2D eigenvalue weighted by Crippen LogP contribution is 2.35. The number of hydrogen-bond acceptors (Lipinski definition) is 6. The molecule has 0 saturated heterocycles. The average Bonchev–Trinajstić information content (AvgIpc) is 3.19. The summed E-state index contributed by atoms with van der Waals surface area (Å²) in [4.78, 5) is 25.1. The number of benzene rings is 3. The fourth-order valence-electron chi connectivity index (χ4n) is 4.07. The molecule has 0 unspecified atom stereocenters. The summed E-state index contributed by atoms with van der Waals surface area (Å²) >= 11 is 0. The van der Waals surface area contributed by atoms with Crippen LogP contribution >= 0.6 is 0 Å². The second-order valence-electron chi connectivity index (χ2n) is 7.53. The van der Waals surface area contributed by atoms with Gasteiger partial charge in [0.1, 0.15) is 11.3 Å². The van der Waals surface area contributed by atoms with Gasteiger partial charge in [-0.15, -0.1) is 0 Å². The zero-order valence-electron chi connectivity index (χ0n) is 19.5. The number of aryl methyl sites for hydroxylation is 1. The lowest BCUT2D eigenvalue weighted by atomic mass is 10.1. The summed E-state index contributed by atoms with van der Waals surface area (Å²) in [6, 6.07) is 16.9. The fourth-order valence-corrected chi connectivity index (χ4v) is 4.07. The van der Waals surface area contributed by atoms with Gasteiger partial charge in [0, 0.05) is 46.2 Å². The maximum absolute atomic E-state index is 12.6. The molecule has 0 radical (unpaired) electrons. The molecule has 1 heterocycles. The normalized spacial score (nSPS) is 10.8. The van der Waals surface area contributed by atoms with Crippen LogP contribution < -0.4 is 19.5 Å². The standard InChI is InChI=1S/C26H26N2O6/c1-5-28-20-9-7-6-8-17(20)18-12-16(10-11-21(18)28)27-25(29)15-34-26(30)19-13-23(32-3)24(33-4)14-22(19)31-2/h6-14H,5,15H2,1-4H3,(H,27,29). The predicted octanol–water partition coefficient (Wildman–Crippen LogP) is 4.64. The molecular weight excluding hydrogens is 436 g/mol. The molecule has 1 aromatic heterocycles. The molecule has 176 valence electrons. The third-order valence-electron chi connectivity index (χ3n) is 5.63. The summed E-state index contributed by atoms with van der Waals surface area (Å²) < 4.78 is 23.2. The molecule has 1 amide bonds. The number of esters is 1. The average molecular weight is 463 g/mol. The number of carbonyl (C=O) groups excluding carboxylic acids is 2. The van der Waals surface area contributed by atoms with E-state index in [0.717, 1.165) is 28.4 Å². The van der Waals surface area contributed by atoms with Gasteiger partial charge in [0.15, 0.2) is 18.1 Å². The van der Waals surface area contributed by atoms with Gasteiger partial charge in [-0.25, -0.2) is 4.79 Å². The molecule has 0 fully saturated rings. The molecule has 4 aromatic rings. The van der Waals surface area contributed by atoms with Gasteiger partial charge in [-0.05, 0) is 31.2 Å². The van der Waals surface area contributed by atoms with Gasteiger partial charge in [0.05, 0.1) is 21.3 Å². The summed E-state index contributed by atoms with van der Waals surface area (Å²) in [6.45, 7) is 2.49. The Bertz CT molecular complexity index is 1370. The van der Waals surface area contributed by atoms with E-state index in [1.54, 1.807) is 0 Å². The van der Waals surface area contributed by atoms with E-state index < -0.39 is 18.5 Å². The topological polar surface area (TPSA) is 88.0 Å². The molecule has 4 rings (SSSR count). The Morgan fingerprint density at radius 2 is 1.50 bits per heavy atom. The number of amides is 1. The number of carbonyl (C=O) groups is 2. The zero-order chi connectivity index (χ0) is 24.2. The van der Waals surface area contributed by atoms with Crippen molar-refractivity contribution in [3.8, 4) is 17.2 Å². The second-order valence-corrected chi connectivity index (χ2v) is 7.53. The molecule has 0 aliphatic rings. The Hall–Kier alpha value is -4.20. The minimum Gasteiger partial charge on any atom is -0.496 e. The van der Waals surface area contributed by atoms with Crippen LogP contribution in [0.3, 0.4) is 0 Å². The minimum atomic E-state index is -0.713. The van der Waals surface area contributed by atoms with Gasteiger partial charge in [0.25, 0.3) is 5.91 Å². The van der Waals surface area contributed by atoms with Gasteiger partial charge < -0.3 is 28.8 Å². The second kappa shape index (κ2) is 9.74. The third kappa shape index (κ3) is 4.22. The summed E-state index contributed by atoms with van der Waals surface area (Å²) in [5.41, 5.74) is 2.98. The quantitative estimate of drug-likeness (QED) is 0.384. The molecule has 0 bridgehead atoms. The van der Waals surface area contributed by atoms with Gasteiger partial charge in [-0.3, -0.25) is 4.79 Å². The summed E-state index contributed by atoms with van der Waals surface area (Å²) in [5, 5.41) is 4.96. The first kappa shape index (κ1) is 23.0. The Morgan fingerprint density at radius 1 is 0.824 bits per heavy atom. The number of ether oxygens (including phenoxy) is 4. The monoisotopic (exact) mass is 462 g/mol. The van der Waals surface area contributed by atoms with Crippen LogP contribution in [0.1, 0.15) is 17.3 Å². The number of nitrogens with one attached hydrogen (secondary N) is 1. The number of fused-ring (bicyclic) bond motifs is 3. The molecular formula is C26H26N2O6. The van der Waals surface area contributed by atoms with Gasteiger partial charge >= 0.3 is 5.97 Å². The molecule has 34 heavy (non-hydrogen) atoms. The zero-order valence-corrected chi connectivity index (χ0v) is 19.5. The van der Waals surface area contributed by atoms with Crippen molar-refractivity contribution in [3.63, 3.8) is 0 Å². The lowest BCUT2D eigenvalue weighted by molar-refractivity contribution is -0.119. The van der Waals surface area contributed by atoms with Crippen molar-refractivity contribution in [2.45, 2.75) is 13.5 Å². The fraction of sp³-hybridized carbons (Fsp3) is 0.231. The van der Waals surface area contributed by atoms with Crippen LogP contribution in [0.15, 0.2) is 54.6 Å². The Balaban J connectivity index is 1.49. The van der Waals surface area contributed by atoms with Crippen molar-refractivity contribution in [3.05, 3.63) is 60.2 Å². The summed E-state index contributed by atoms with van der Waals surface area (Å²) in [7, 11) is 4.37. The molecule has 0 spiro atoms. The number of para-hydroxylation sites is 1.